The van der Waals surface area contributed by atoms with Crippen LogP contribution in [0.25, 0.3) is 10.9 Å². The Balaban J connectivity index is 1.72. The van der Waals surface area contributed by atoms with Crippen LogP contribution in [0.5, 0.6) is 0 Å². The van der Waals surface area contributed by atoms with Crippen LogP contribution in [0.2, 0.25) is 0 Å². The van der Waals surface area contributed by atoms with Gasteiger partial charge in [0.1, 0.15) is 0 Å². The number of primary amides is 1. The number of nitrogens with two attached hydrogens (primary N) is 1. The third-order valence-corrected chi connectivity index (χ3v) is 4.29. The molecule has 1 atom stereocenters. The molecule has 2 N–H and O–H groups in total. The first-order valence-electron chi connectivity index (χ1n) is 7.73. The second-order valence-electron chi connectivity index (χ2n) is 6.04. The molecule has 1 aromatic heterocycles. The van der Waals surface area contributed by atoms with Gasteiger partial charge in [-0.25, -0.2) is 4.98 Å². The molecular weight excluding hydrogens is 294 g/mol. The maximum Gasteiger partial charge on any atom is 0.262 e. The lowest BCUT2D eigenvalue weighted by atomic mass is 10.2. The Labute approximate surface area is 134 Å². The van der Waals surface area contributed by atoms with Crippen molar-refractivity contribution in [2.75, 3.05) is 26.2 Å². The van der Waals surface area contributed by atoms with Crippen molar-refractivity contribution in [1.29, 1.82) is 0 Å². The minimum atomic E-state index is -0.305. The topological polar surface area (TPSA) is 84.5 Å². The number of amides is 1. The van der Waals surface area contributed by atoms with E-state index in [1.54, 1.807) is 17.0 Å². The summed E-state index contributed by atoms with van der Waals surface area (Å²) in [6, 6.07) is 7.58. The van der Waals surface area contributed by atoms with E-state index in [1.165, 1.54) is 0 Å². The highest BCUT2D eigenvalue weighted by molar-refractivity contribution is 5.77. The minimum Gasteiger partial charge on any atom is -0.369 e. The first kappa shape index (κ1) is 15.6. The lowest BCUT2D eigenvalue weighted by Crippen LogP contribution is -2.54. The molecule has 122 valence electrons. The number of benzene rings is 1. The van der Waals surface area contributed by atoms with Crippen LogP contribution in [-0.4, -0.2) is 57.5 Å². The Morgan fingerprint density at radius 1 is 1.35 bits per heavy atom. The molecule has 1 fully saturated rings. The van der Waals surface area contributed by atoms with Gasteiger partial charge >= 0.3 is 0 Å². The standard InChI is InChI=1S/C16H21N5O2/c1-12-8-19(6-7-20(12)9-15(17)22)11-21-10-18-14-5-3-2-4-13(14)16(21)23/h2-5,10,12H,6-9,11H2,1H3,(H2,17,22). The molecule has 0 bridgehead atoms. The van der Waals surface area contributed by atoms with Crippen LogP contribution in [0.1, 0.15) is 6.92 Å². The van der Waals surface area contributed by atoms with E-state index < -0.39 is 0 Å². The Morgan fingerprint density at radius 3 is 2.87 bits per heavy atom. The summed E-state index contributed by atoms with van der Waals surface area (Å²) in [5.74, 6) is -0.305. The Morgan fingerprint density at radius 2 is 2.13 bits per heavy atom. The van der Waals surface area contributed by atoms with Crippen LogP contribution >= 0.6 is 0 Å². The SMILES string of the molecule is CC1CN(Cn2cnc3ccccc3c2=O)CCN1CC(N)=O. The lowest BCUT2D eigenvalue weighted by molar-refractivity contribution is -0.120. The average Bonchev–Trinajstić information content (AvgIpc) is 2.53. The van der Waals surface area contributed by atoms with Gasteiger partial charge in [-0.1, -0.05) is 12.1 Å². The van der Waals surface area contributed by atoms with E-state index in [2.05, 4.69) is 21.7 Å². The zero-order chi connectivity index (χ0) is 16.4. The zero-order valence-corrected chi connectivity index (χ0v) is 13.2. The zero-order valence-electron chi connectivity index (χ0n) is 13.2. The number of piperazine rings is 1. The van der Waals surface area contributed by atoms with Crippen molar-refractivity contribution in [2.24, 2.45) is 5.73 Å². The number of hydrogen-bond acceptors (Lipinski definition) is 5. The Hall–Kier alpha value is -2.25. The number of carbonyl (C=O) groups excluding carboxylic acids is 1. The number of nitrogens with zero attached hydrogens (tertiary/aromatic N) is 4. The maximum absolute atomic E-state index is 12.5. The summed E-state index contributed by atoms with van der Waals surface area (Å²) < 4.78 is 1.64. The number of carbonyl (C=O) groups is 1. The fraction of sp³-hybridized carbons (Fsp3) is 0.438. The quantitative estimate of drug-likeness (QED) is 0.848. The summed E-state index contributed by atoms with van der Waals surface area (Å²) in [6.45, 7) is 5.19. The fourth-order valence-electron chi connectivity index (χ4n) is 3.06. The third kappa shape index (κ3) is 3.40. The predicted octanol–water partition coefficient (Wildman–Crippen LogP) is -0.155. The molecule has 23 heavy (non-hydrogen) atoms. The van der Waals surface area contributed by atoms with Crippen molar-refractivity contribution in [2.45, 2.75) is 19.6 Å². The van der Waals surface area contributed by atoms with Crippen LogP contribution in [0.15, 0.2) is 35.4 Å². The number of fused-ring (bicyclic) bond motifs is 1. The van der Waals surface area contributed by atoms with Gasteiger partial charge in [0.05, 0.1) is 30.4 Å². The molecule has 2 aromatic rings. The van der Waals surface area contributed by atoms with E-state index in [1.807, 2.05) is 18.2 Å². The molecule has 0 spiro atoms. The van der Waals surface area contributed by atoms with Gasteiger partial charge in [-0.3, -0.25) is 24.0 Å². The lowest BCUT2D eigenvalue weighted by Gasteiger charge is -2.39. The number of hydrogen-bond donors (Lipinski definition) is 1. The molecule has 1 amide bonds. The van der Waals surface area contributed by atoms with Crippen molar-refractivity contribution in [1.82, 2.24) is 19.4 Å². The van der Waals surface area contributed by atoms with Gasteiger partial charge in [0.2, 0.25) is 5.91 Å². The molecule has 7 nitrogen and oxygen atoms in total. The fourth-order valence-corrected chi connectivity index (χ4v) is 3.06. The van der Waals surface area contributed by atoms with Crippen molar-refractivity contribution < 1.29 is 4.79 Å². The number of para-hydroxylation sites is 1. The van der Waals surface area contributed by atoms with Crippen LogP contribution in [-0.2, 0) is 11.5 Å². The van der Waals surface area contributed by atoms with E-state index in [0.29, 0.717) is 17.6 Å². The molecule has 1 unspecified atom stereocenters. The van der Waals surface area contributed by atoms with Gasteiger partial charge < -0.3 is 5.73 Å². The summed E-state index contributed by atoms with van der Waals surface area (Å²) in [4.78, 5) is 32.2. The highest BCUT2D eigenvalue weighted by atomic mass is 16.1. The summed E-state index contributed by atoms with van der Waals surface area (Å²) in [5, 5.41) is 0.635. The second-order valence-corrected chi connectivity index (χ2v) is 6.04. The van der Waals surface area contributed by atoms with E-state index in [4.69, 9.17) is 5.73 Å². The molecule has 1 aromatic carbocycles. The molecule has 1 aliphatic rings. The molecule has 1 aliphatic heterocycles. The van der Waals surface area contributed by atoms with E-state index in [-0.39, 0.29) is 24.1 Å². The second kappa shape index (κ2) is 6.47. The van der Waals surface area contributed by atoms with Crippen LogP contribution in [0, 0.1) is 0 Å². The van der Waals surface area contributed by atoms with Gasteiger partial charge in [0, 0.05) is 25.7 Å². The van der Waals surface area contributed by atoms with Crippen molar-refractivity contribution in [3.63, 3.8) is 0 Å². The highest BCUT2D eigenvalue weighted by Gasteiger charge is 2.24. The molecule has 2 heterocycles. The highest BCUT2D eigenvalue weighted by Crippen LogP contribution is 2.10. The summed E-state index contributed by atoms with van der Waals surface area (Å²) in [5.41, 5.74) is 5.96. The maximum atomic E-state index is 12.5. The van der Waals surface area contributed by atoms with Gasteiger partial charge in [-0.2, -0.15) is 0 Å². The smallest absolute Gasteiger partial charge is 0.262 e. The number of rotatable bonds is 4. The molecule has 0 aliphatic carbocycles. The molecule has 0 radical (unpaired) electrons. The molecule has 1 saturated heterocycles. The van der Waals surface area contributed by atoms with E-state index >= 15 is 0 Å². The van der Waals surface area contributed by atoms with Crippen LogP contribution in [0.4, 0.5) is 0 Å². The van der Waals surface area contributed by atoms with Crippen LogP contribution < -0.4 is 11.3 Å². The normalized spacial score (nSPS) is 20.0. The summed E-state index contributed by atoms with van der Waals surface area (Å²) in [7, 11) is 0. The summed E-state index contributed by atoms with van der Waals surface area (Å²) in [6.07, 6.45) is 1.60. The van der Waals surface area contributed by atoms with Gasteiger partial charge in [-0.05, 0) is 19.1 Å². The first-order valence-corrected chi connectivity index (χ1v) is 7.73. The van der Waals surface area contributed by atoms with Gasteiger partial charge in [-0.15, -0.1) is 0 Å². The molecular formula is C16H21N5O2. The minimum absolute atomic E-state index is 0.0252. The predicted molar refractivity (Wildman–Crippen MR) is 87.8 cm³/mol. The van der Waals surface area contributed by atoms with E-state index in [0.717, 1.165) is 19.6 Å². The molecule has 7 heteroatoms. The van der Waals surface area contributed by atoms with Gasteiger partial charge in [0.15, 0.2) is 0 Å². The van der Waals surface area contributed by atoms with E-state index in [9.17, 15) is 9.59 Å². The Bertz CT molecular complexity index is 772. The monoisotopic (exact) mass is 315 g/mol. The third-order valence-electron chi connectivity index (χ3n) is 4.29. The number of aromatic nitrogens is 2. The van der Waals surface area contributed by atoms with Crippen molar-refractivity contribution in [3.05, 3.63) is 40.9 Å². The molecule has 3 rings (SSSR count). The molecule has 0 saturated carbocycles. The average molecular weight is 315 g/mol. The van der Waals surface area contributed by atoms with Crippen molar-refractivity contribution >= 4 is 16.8 Å². The van der Waals surface area contributed by atoms with Crippen LogP contribution in [0.3, 0.4) is 0 Å². The van der Waals surface area contributed by atoms with Gasteiger partial charge in [0.25, 0.3) is 5.56 Å². The summed E-state index contributed by atoms with van der Waals surface area (Å²) >= 11 is 0. The first-order chi connectivity index (χ1) is 11.0. The Kier molecular flexibility index (Phi) is 4.40. The van der Waals surface area contributed by atoms with Crippen molar-refractivity contribution in [3.8, 4) is 0 Å². The largest absolute Gasteiger partial charge is 0.369 e.